The molecule has 1 fully saturated rings. The zero-order valence-electron chi connectivity index (χ0n) is 10.5. The molecule has 1 aromatic rings. The fourth-order valence-corrected chi connectivity index (χ4v) is 3.49. The number of para-hydroxylation sites is 1. The van der Waals surface area contributed by atoms with Gasteiger partial charge in [-0.1, -0.05) is 6.07 Å². The Morgan fingerprint density at radius 1 is 1.50 bits per heavy atom. The fourth-order valence-electron chi connectivity index (χ4n) is 1.99. The van der Waals surface area contributed by atoms with Crippen molar-refractivity contribution in [2.24, 2.45) is 11.7 Å². The van der Waals surface area contributed by atoms with Crippen molar-refractivity contribution in [1.82, 2.24) is 4.72 Å². The number of hydrogen-bond donors (Lipinski definition) is 2. The molecule has 110 valence electrons. The number of nitrogens with two attached hydrogens (primary N) is 1. The minimum Gasteiger partial charge on any atom is -0.329 e. The molecular weight excluding hydrogens is 289 g/mol. The second-order valence-electron chi connectivity index (χ2n) is 4.64. The van der Waals surface area contributed by atoms with Crippen molar-refractivity contribution < 1.29 is 17.7 Å². The van der Waals surface area contributed by atoms with Gasteiger partial charge in [0.1, 0.15) is 0 Å². The van der Waals surface area contributed by atoms with Gasteiger partial charge in [-0.15, -0.1) is 0 Å². The Balaban J connectivity index is 2.38. The predicted molar refractivity (Wildman–Crippen MR) is 68.9 cm³/mol. The number of rotatable bonds is 6. The molecule has 0 heterocycles. The minimum absolute atomic E-state index is 0.0903. The lowest BCUT2D eigenvalue weighted by molar-refractivity contribution is -0.390. The zero-order chi connectivity index (χ0) is 14.9. The molecule has 1 aliphatic carbocycles. The van der Waals surface area contributed by atoms with Gasteiger partial charge < -0.3 is 5.73 Å². The van der Waals surface area contributed by atoms with Gasteiger partial charge in [0.2, 0.25) is 15.8 Å². The van der Waals surface area contributed by atoms with Gasteiger partial charge in [-0.05, 0) is 30.9 Å². The number of benzene rings is 1. The van der Waals surface area contributed by atoms with Gasteiger partial charge in [0.25, 0.3) is 0 Å². The molecule has 1 aliphatic rings. The molecule has 7 nitrogen and oxygen atoms in total. The summed E-state index contributed by atoms with van der Waals surface area (Å²) in [4.78, 5) is 9.12. The summed E-state index contributed by atoms with van der Waals surface area (Å²) in [5, 5.41) is 10.8. The quantitative estimate of drug-likeness (QED) is 0.594. The Bertz CT molecular complexity index is 631. The van der Waals surface area contributed by atoms with Crippen molar-refractivity contribution in [3.05, 3.63) is 34.1 Å². The highest BCUT2D eigenvalue weighted by Crippen LogP contribution is 2.34. The van der Waals surface area contributed by atoms with Gasteiger partial charge in [-0.3, -0.25) is 10.1 Å². The van der Waals surface area contributed by atoms with Crippen LogP contribution < -0.4 is 10.5 Å². The molecular formula is C11H14FN3O4S. The molecule has 2 rings (SSSR count). The Morgan fingerprint density at radius 3 is 2.65 bits per heavy atom. The lowest BCUT2D eigenvalue weighted by Gasteiger charge is -2.16. The van der Waals surface area contributed by atoms with Gasteiger partial charge in [0.15, 0.2) is 4.90 Å². The van der Waals surface area contributed by atoms with Crippen LogP contribution in [0.4, 0.5) is 10.1 Å². The minimum atomic E-state index is -4.19. The van der Waals surface area contributed by atoms with E-state index in [1.807, 2.05) is 0 Å². The molecule has 0 saturated heterocycles. The first kappa shape index (κ1) is 14.8. The van der Waals surface area contributed by atoms with Crippen molar-refractivity contribution in [1.29, 1.82) is 0 Å². The molecule has 0 bridgehead atoms. The van der Waals surface area contributed by atoms with E-state index in [9.17, 15) is 22.9 Å². The summed E-state index contributed by atoms with van der Waals surface area (Å²) in [6.07, 6.45) is 1.71. The topological polar surface area (TPSA) is 115 Å². The summed E-state index contributed by atoms with van der Waals surface area (Å²) in [7, 11) is -4.19. The molecule has 1 saturated carbocycles. The van der Waals surface area contributed by atoms with E-state index in [1.165, 1.54) is 0 Å². The molecule has 1 atom stereocenters. The van der Waals surface area contributed by atoms with E-state index in [-0.39, 0.29) is 12.5 Å². The monoisotopic (exact) mass is 303 g/mol. The maximum Gasteiger partial charge on any atom is 0.324 e. The highest BCUT2D eigenvalue weighted by Gasteiger charge is 2.36. The summed E-state index contributed by atoms with van der Waals surface area (Å²) >= 11 is 0. The number of halogens is 1. The summed E-state index contributed by atoms with van der Waals surface area (Å²) in [6, 6.07) is 2.48. The van der Waals surface area contributed by atoms with Crippen LogP contribution in [0.3, 0.4) is 0 Å². The van der Waals surface area contributed by atoms with Crippen LogP contribution in [0.2, 0.25) is 0 Å². The first-order valence-corrected chi connectivity index (χ1v) is 7.50. The molecule has 1 aromatic carbocycles. The van der Waals surface area contributed by atoms with E-state index >= 15 is 0 Å². The largest absolute Gasteiger partial charge is 0.329 e. The van der Waals surface area contributed by atoms with Gasteiger partial charge >= 0.3 is 5.69 Å². The number of nitrogens with one attached hydrogen (secondary N) is 1. The predicted octanol–water partition coefficient (Wildman–Crippen LogP) is 0.750. The van der Waals surface area contributed by atoms with E-state index in [4.69, 9.17) is 5.73 Å². The average Bonchev–Trinajstić information content (AvgIpc) is 3.19. The van der Waals surface area contributed by atoms with Crippen LogP contribution in [0.15, 0.2) is 23.1 Å². The van der Waals surface area contributed by atoms with Gasteiger partial charge in [0.05, 0.1) is 4.92 Å². The Kier molecular flexibility index (Phi) is 4.02. The maximum absolute atomic E-state index is 13.5. The summed E-state index contributed by atoms with van der Waals surface area (Å²) in [6.45, 7) is 0.0903. The molecule has 20 heavy (non-hydrogen) atoms. The smallest absolute Gasteiger partial charge is 0.324 e. The van der Waals surface area contributed by atoms with Crippen LogP contribution in [0.1, 0.15) is 12.8 Å². The van der Waals surface area contributed by atoms with Gasteiger partial charge in [-0.25, -0.2) is 13.1 Å². The van der Waals surface area contributed by atoms with E-state index in [1.54, 1.807) is 0 Å². The normalized spacial score (nSPS) is 16.9. The van der Waals surface area contributed by atoms with Crippen LogP contribution in [-0.4, -0.2) is 25.9 Å². The summed E-state index contributed by atoms with van der Waals surface area (Å²) in [5.41, 5.74) is 4.44. The highest BCUT2D eigenvalue weighted by atomic mass is 32.2. The molecule has 3 N–H and O–H groups in total. The number of nitro benzene ring substituents is 1. The summed E-state index contributed by atoms with van der Waals surface area (Å²) < 4.78 is 40.1. The third-order valence-corrected chi connectivity index (χ3v) is 4.69. The summed E-state index contributed by atoms with van der Waals surface area (Å²) in [5.74, 6) is -1.05. The number of sulfonamides is 1. The van der Waals surface area contributed by atoms with Crippen molar-refractivity contribution >= 4 is 15.7 Å². The first-order valence-electron chi connectivity index (χ1n) is 6.02. The fraction of sp³-hybridized carbons (Fsp3) is 0.455. The molecule has 9 heteroatoms. The molecule has 0 aromatic heterocycles. The molecule has 0 spiro atoms. The third-order valence-electron chi connectivity index (χ3n) is 3.17. The van der Waals surface area contributed by atoms with Crippen molar-refractivity contribution in [3.63, 3.8) is 0 Å². The van der Waals surface area contributed by atoms with E-state index in [2.05, 4.69) is 4.72 Å². The van der Waals surface area contributed by atoms with Crippen LogP contribution in [0, 0.1) is 21.8 Å². The third kappa shape index (κ3) is 2.94. The Labute approximate surface area is 115 Å². The SMILES string of the molecule is NCC(NS(=O)(=O)c1cccc(F)c1[N+](=O)[O-])C1CC1. The van der Waals surface area contributed by atoms with Crippen LogP contribution in [0.5, 0.6) is 0 Å². The number of nitro groups is 1. The van der Waals surface area contributed by atoms with Crippen molar-refractivity contribution in [2.45, 2.75) is 23.8 Å². The molecule has 0 aliphatic heterocycles. The lowest BCUT2D eigenvalue weighted by atomic mass is 10.2. The number of hydrogen-bond acceptors (Lipinski definition) is 5. The van der Waals surface area contributed by atoms with Crippen LogP contribution in [0.25, 0.3) is 0 Å². The second kappa shape index (κ2) is 5.43. The molecule has 0 amide bonds. The van der Waals surface area contributed by atoms with Crippen molar-refractivity contribution in [3.8, 4) is 0 Å². The lowest BCUT2D eigenvalue weighted by Crippen LogP contribution is -2.41. The van der Waals surface area contributed by atoms with E-state index in [0.717, 1.165) is 31.0 Å². The zero-order valence-corrected chi connectivity index (χ0v) is 11.3. The van der Waals surface area contributed by atoms with Crippen molar-refractivity contribution in [2.75, 3.05) is 6.54 Å². The van der Waals surface area contributed by atoms with E-state index < -0.39 is 37.4 Å². The molecule has 1 unspecified atom stereocenters. The second-order valence-corrected chi connectivity index (χ2v) is 6.33. The van der Waals surface area contributed by atoms with Crippen LogP contribution >= 0.6 is 0 Å². The van der Waals surface area contributed by atoms with Gasteiger partial charge in [-0.2, -0.15) is 4.39 Å². The Hall–Kier alpha value is -1.58. The number of nitrogens with zero attached hydrogens (tertiary/aromatic N) is 1. The van der Waals surface area contributed by atoms with Crippen LogP contribution in [-0.2, 0) is 10.0 Å². The first-order chi connectivity index (χ1) is 9.36. The standard InChI is InChI=1S/C11H14FN3O4S/c12-8-2-1-3-10(11(8)15(16)17)20(18,19)14-9(6-13)7-4-5-7/h1-3,7,9,14H,4-6,13H2. The van der Waals surface area contributed by atoms with Gasteiger partial charge in [0, 0.05) is 12.6 Å². The average molecular weight is 303 g/mol. The highest BCUT2D eigenvalue weighted by molar-refractivity contribution is 7.89. The maximum atomic E-state index is 13.5. The Morgan fingerprint density at radius 2 is 2.15 bits per heavy atom. The molecule has 0 radical (unpaired) electrons. The van der Waals surface area contributed by atoms with E-state index in [0.29, 0.717) is 0 Å².